The maximum Gasteiger partial charge on any atom is 0.317 e. The fourth-order valence-corrected chi connectivity index (χ4v) is 3.39. The number of likely N-dealkylation sites (N-methyl/N-ethyl adjacent to an activating group) is 1. The van der Waals surface area contributed by atoms with Gasteiger partial charge in [-0.05, 0) is 18.0 Å². The van der Waals surface area contributed by atoms with E-state index in [1.165, 1.54) is 5.56 Å². The summed E-state index contributed by atoms with van der Waals surface area (Å²) in [7, 11) is 0. The van der Waals surface area contributed by atoms with E-state index < -0.39 is 0 Å². The molecule has 1 aliphatic heterocycles. The van der Waals surface area contributed by atoms with Crippen LogP contribution in [0, 0.1) is 5.92 Å². The predicted octanol–water partition coefficient (Wildman–Crippen LogP) is 3.51. The minimum absolute atomic E-state index is 0.0847. The Morgan fingerprint density at radius 1 is 1.04 bits per heavy atom. The number of urea groups is 1. The summed E-state index contributed by atoms with van der Waals surface area (Å²) in [5.74, 6) is 0.471. The third-order valence-electron chi connectivity index (χ3n) is 5.06. The number of amides is 2. The molecular weight excluding hydrogens is 286 g/mol. The average molecular weight is 317 g/mol. The van der Waals surface area contributed by atoms with E-state index in [2.05, 4.69) is 55.3 Å². The molecule has 2 amide bonds. The van der Waals surface area contributed by atoms with E-state index >= 15 is 0 Å². The Kier molecular flexibility index (Phi) is 6.90. The number of carbonyl (C=O) groups excluding carboxylic acids is 1. The van der Waals surface area contributed by atoms with Gasteiger partial charge in [0.2, 0.25) is 0 Å². The van der Waals surface area contributed by atoms with Crippen molar-refractivity contribution in [3.05, 3.63) is 35.9 Å². The van der Waals surface area contributed by atoms with Gasteiger partial charge in [-0.3, -0.25) is 0 Å². The lowest BCUT2D eigenvalue weighted by Crippen LogP contribution is -2.52. The average Bonchev–Trinajstić information content (AvgIpc) is 2.62. The number of nitrogens with zero attached hydrogens (tertiary/aromatic N) is 2. The Morgan fingerprint density at radius 2 is 1.65 bits per heavy atom. The summed E-state index contributed by atoms with van der Waals surface area (Å²) in [6.07, 6.45) is 2.14. The lowest BCUT2D eigenvalue weighted by molar-refractivity contribution is 0.138. The molecule has 1 heterocycles. The first kappa shape index (κ1) is 17.8. The number of carbonyl (C=O) groups is 1. The highest BCUT2D eigenvalue weighted by Gasteiger charge is 2.26. The molecule has 1 saturated heterocycles. The molecule has 1 N–H and O–H groups in total. The number of hydrogen-bond acceptors (Lipinski definition) is 2. The molecule has 0 aliphatic carbocycles. The lowest BCUT2D eigenvalue weighted by Gasteiger charge is -2.36. The highest BCUT2D eigenvalue weighted by Crippen LogP contribution is 2.27. The molecule has 1 fully saturated rings. The summed E-state index contributed by atoms with van der Waals surface area (Å²) in [6, 6.07) is 10.6. The lowest BCUT2D eigenvalue weighted by atomic mass is 9.89. The van der Waals surface area contributed by atoms with Crippen LogP contribution in [0.15, 0.2) is 30.3 Å². The van der Waals surface area contributed by atoms with Gasteiger partial charge in [-0.2, -0.15) is 0 Å². The van der Waals surface area contributed by atoms with Crippen LogP contribution in [-0.2, 0) is 0 Å². The van der Waals surface area contributed by atoms with E-state index in [1.54, 1.807) is 0 Å². The summed E-state index contributed by atoms with van der Waals surface area (Å²) in [4.78, 5) is 17.1. The molecule has 0 radical (unpaired) electrons. The van der Waals surface area contributed by atoms with Gasteiger partial charge in [0.05, 0.1) is 6.04 Å². The Labute approximate surface area is 140 Å². The Bertz CT molecular complexity index is 465. The molecule has 1 aromatic carbocycles. The van der Waals surface area contributed by atoms with Crippen LogP contribution < -0.4 is 5.32 Å². The van der Waals surface area contributed by atoms with Gasteiger partial charge in [-0.1, -0.05) is 63.9 Å². The zero-order valence-corrected chi connectivity index (χ0v) is 14.8. The second-order valence-electron chi connectivity index (χ2n) is 6.34. The zero-order chi connectivity index (χ0) is 16.7. The van der Waals surface area contributed by atoms with Crippen LogP contribution in [-0.4, -0.2) is 48.6 Å². The molecule has 0 bridgehead atoms. The standard InChI is InChI=1S/C19H31N3O/c1-4-16(5-2)18(17-10-8-7-9-11-17)20-19(23)22-14-12-21(6-3)13-15-22/h7-11,16,18H,4-6,12-15H2,1-3H3,(H,20,23). The number of hydrogen-bond donors (Lipinski definition) is 1. The largest absolute Gasteiger partial charge is 0.331 e. The molecule has 23 heavy (non-hydrogen) atoms. The molecule has 0 aromatic heterocycles. The summed E-state index contributed by atoms with van der Waals surface area (Å²) < 4.78 is 0. The van der Waals surface area contributed by atoms with E-state index in [0.717, 1.165) is 45.6 Å². The van der Waals surface area contributed by atoms with E-state index in [-0.39, 0.29) is 12.1 Å². The molecule has 1 aromatic rings. The van der Waals surface area contributed by atoms with Crippen LogP contribution in [0.4, 0.5) is 4.79 Å². The molecule has 1 atom stereocenters. The third-order valence-corrected chi connectivity index (χ3v) is 5.06. The van der Waals surface area contributed by atoms with Crippen LogP contribution in [0.3, 0.4) is 0 Å². The number of piperazine rings is 1. The summed E-state index contributed by atoms with van der Waals surface area (Å²) >= 11 is 0. The van der Waals surface area contributed by atoms with Gasteiger partial charge < -0.3 is 15.1 Å². The highest BCUT2D eigenvalue weighted by atomic mass is 16.2. The van der Waals surface area contributed by atoms with Gasteiger partial charge in [-0.25, -0.2) is 4.79 Å². The Morgan fingerprint density at radius 3 is 2.17 bits per heavy atom. The summed E-state index contributed by atoms with van der Waals surface area (Å²) in [6.45, 7) is 11.3. The van der Waals surface area contributed by atoms with Crippen molar-refractivity contribution >= 4 is 6.03 Å². The quantitative estimate of drug-likeness (QED) is 0.871. The normalized spacial score (nSPS) is 17.3. The van der Waals surface area contributed by atoms with Crippen molar-refractivity contribution in [2.24, 2.45) is 5.92 Å². The SMILES string of the molecule is CCC(CC)C(NC(=O)N1CCN(CC)CC1)c1ccccc1. The molecule has 4 heteroatoms. The van der Waals surface area contributed by atoms with Crippen LogP contribution >= 0.6 is 0 Å². The fraction of sp³-hybridized carbons (Fsp3) is 0.632. The van der Waals surface area contributed by atoms with E-state index in [0.29, 0.717) is 5.92 Å². The monoisotopic (exact) mass is 317 g/mol. The van der Waals surface area contributed by atoms with Crippen molar-refractivity contribution in [3.8, 4) is 0 Å². The van der Waals surface area contributed by atoms with Crippen molar-refractivity contribution in [1.29, 1.82) is 0 Å². The molecule has 0 spiro atoms. The molecular formula is C19H31N3O. The Balaban J connectivity index is 2.04. The summed E-state index contributed by atoms with van der Waals surface area (Å²) in [5.41, 5.74) is 1.21. The highest BCUT2D eigenvalue weighted by molar-refractivity contribution is 5.75. The van der Waals surface area contributed by atoms with Gasteiger partial charge in [0.1, 0.15) is 0 Å². The predicted molar refractivity (Wildman–Crippen MR) is 95.5 cm³/mol. The maximum absolute atomic E-state index is 12.7. The molecule has 128 valence electrons. The Hall–Kier alpha value is -1.55. The molecule has 1 unspecified atom stereocenters. The number of benzene rings is 1. The smallest absolute Gasteiger partial charge is 0.317 e. The summed E-state index contributed by atoms with van der Waals surface area (Å²) in [5, 5.41) is 3.31. The van der Waals surface area contributed by atoms with Gasteiger partial charge >= 0.3 is 6.03 Å². The first-order valence-corrected chi connectivity index (χ1v) is 9.02. The second kappa shape index (κ2) is 8.92. The van der Waals surface area contributed by atoms with Crippen LogP contribution in [0.5, 0.6) is 0 Å². The first-order chi connectivity index (χ1) is 11.2. The van der Waals surface area contributed by atoms with Crippen molar-refractivity contribution in [1.82, 2.24) is 15.1 Å². The molecule has 4 nitrogen and oxygen atoms in total. The van der Waals surface area contributed by atoms with Crippen molar-refractivity contribution < 1.29 is 4.79 Å². The number of rotatable bonds is 6. The van der Waals surface area contributed by atoms with E-state index in [4.69, 9.17) is 0 Å². The van der Waals surface area contributed by atoms with Crippen LogP contribution in [0.1, 0.15) is 45.2 Å². The molecule has 1 aliphatic rings. The van der Waals surface area contributed by atoms with Crippen LogP contribution in [0.2, 0.25) is 0 Å². The van der Waals surface area contributed by atoms with Gasteiger partial charge in [-0.15, -0.1) is 0 Å². The second-order valence-corrected chi connectivity index (χ2v) is 6.34. The fourth-order valence-electron chi connectivity index (χ4n) is 3.39. The minimum atomic E-state index is 0.0847. The van der Waals surface area contributed by atoms with Gasteiger partial charge in [0, 0.05) is 26.2 Å². The topological polar surface area (TPSA) is 35.6 Å². The van der Waals surface area contributed by atoms with Crippen LogP contribution in [0.25, 0.3) is 0 Å². The van der Waals surface area contributed by atoms with E-state index in [1.807, 2.05) is 11.0 Å². The maximum atomic E-state index is 12.7. The number of nitrogens with one attached hydrogen (secondary N) is 1. The van der Waals surface area contributed by atoms with Crippen molar-refractivity contribution in [2.75, 3.05) is 32.7 Å². The van der Waals surface area contributed by atoms with Crippen molar-refractivity contribution in [2.45, 2.75) is 39.7 Å². The third kappa shape index (κ3) is 4.71. The zero-order valence-electron chi connectivity index (χ0n) is 14.8. The first-order valence-electron chi connectivity index (χ1n) is 9.02. The van der Waals surface area contributed by atoms with Gasteiger partial charge in [0.25, 0.3) is 0 Å². The minimum Gasteiger partial charge on any atom is -0.331 e. The van der Waals surface area contributed by atoms with Gasteiger partial charge in [0.15, 0.2) is 0 Å². The van der Waals surface area contributed by atoms with E-state index in [9.17, 15) is 4.79 Å². The molecule has 2 rings (SSSR count). The van der Waals surface area contributed by atoms with Crippen molar-refractivity contribution in [3.63, 3.8) is 0 Å². The molecule has 0 saturated carbocycles.